The number of carbonyl (C=O) groups excluding carboxylic acids is 1. The van der Waals surface area contributed by atoms with Gasteiger partial charge >= 0.3 is 5.97 Å². The van der Waals surface area contributed by atoms with E-state index in [1.807, 2.05) is 24.3 Å². The quantitative estimate of drug-likeness (QED) is 0.595. The summed E-state index contributed by atoms with van der Waals surface area (Å²) in [4.78, 5) is 11.1. The van der Waals surface area contributed by atoms with E-state index in [0.717, 1.165) is 42.7 Å². The van der Waals surface area contributed by atoms with Gasteiger partial charge in [0, 0.05) is 25.8 Å². The topological polar surface area (TPSA) is 44.8 Å². The highest BCUT2D eigenvalue weighted by atomic mass is 16.7. The largest absolute Gasteiger partial charge is 0.452 e. The van der Waals surface area contributed by atoms with Crippen LogP contribution in [0.1, 0.15) is 30.9 Å². The van der Waals surface area contributed by atoms with Crippen LogP contribution >= 0.6 is 0 Å². The van der Waals surface area contributed by atoms with Crippen LogP contribution in [0.15, 0.2) is 42.5 Å². The van der Waals surface area contributed by atoms with Gasteiger partial charge in [-0.1, -0.05) is 24.3 Å². The van der Waals surface area contributed by atoms with Crippen LogP contribution in [0.3, 0.4) is 0 Å². The van der Waals surface area contributed by atoms with Crippen molar-refractivity contribution in [1.82, 2.24) is 0 Å². The van der Waals surface area contributed by atoms with Gasteiger partial charge in [-0.15, -0.1) is 0 Å². The van der Waals surface area contributed by atoms with Crippen molar-refractivity contribution in [2.75, 3.05) is 0 Å². The number of rotatable bonds is 1. The Morgan fingerprint density at radius 3 is 2.48 bits per heavy atom. The van der Waals surface area contributed by atoms with E-state index < -0.39 is 5.79 Å². The zero-order valence-corrected chi connectivity index (χ0v) is 13.0. The van der Waals surface area contributed by atoms with Gasteiger partial charge in [-0.2, -0.15) is 0 Å². The van der Waals surface area contributed by atoms with E-state index in [2.05, 4.69) is 6.07 Å². The number of aryl methyl sites for hydroxylation is 2. The van der Waals surface area contributed by atoms with Crippen molar-refractivity contribution < 1.29 is 19.0 Å². The van der Waals surface area contributed by atoms with Gasteiger partial charge in [-0.05, 0) is 36.1 Å². The lowest BCUT2D eigenvalue weighted by molar-refractivity contribution is -0.139. The third-order valence-corrected chi connectivity index (χ3v) is 4.42. The maximum absolute atomic E-state index is 11.1. The average molecular weight is 310 g/mol. The Hall–Kier alpha value is -2.49. The van der Waals surface area contributed by atoms with Gasteiger partial charge < -0.3 is 14.2 Å². The highest BCUT2D eigenvalue weighted by Gasteiger charge is 2.41. The van der Waals surface area contributed by atoms with E-state index in [1.54, 1.807) is 12.1 Å². The summed E-state index contributed by atoms with van der Waals surface area (Å²) in [6.07, 6.45) is 3.47. The average Bonchev–Trinajstić information content (AvgIpc) is 2.54. The summed E-state index contributed by atoms with van der Waals surface area (Å²) in [5, 5.41) is 0. The van der Waals surface area contributed by atoms with Gasteiger partial charge in [0.25, 0.3) is 5.79 Å². The molecule has 2 heterocycles. The molecule has 0 amide bonds. The smallest absolute Gasteiger partial charge is 0.308 e. The van der Waals surface area contributed by atoms with Crippen LogP contribution in [0.4, 0.5) is 0 Å². The summed E-state index contributed by atoms with van der Waals surface area (Å²) in [5.74, 6) is 1.20. The highest BCUT2D eigenvalue weighted by molar-refractivity contribution is 5.69. The molecule has 23 heavy (non-hydrogen) atoms. The third-order valence-electron chi connectivity index (χ3n) is 4.42. The van der Waals surface area contributed by atoms with Crippen LogP contribution in [0.25, 0.3) is 0 Å². The van der Waals surface area contributed by atoms with E-state index in [1.165, 1.54) is 12.5 Å². The van der Waals surface area contributed by atoms with Crippen LogP contribution in [-0.4, -0.2) is 11.8 Å². The second-order valence-electron chi connectivity index (χ2n) is 6.09. The second kappa shape index (κ2) is 5.30. The molecule has 1 atom stereocenters. The molecule has 0 aliphatic carbocycles. The lowest BCUT2D eigenvalue weighted by Crippen LogP contribution is -2.47. The Morgan fingerprint density at radius 1 is 1.00 bits per heavy atom. The molecule has 4 heteroatoms. The predicted molar refractivity (Wildman–Crippen MR) is 84.8 cm³/mol. The van der Waals surface area contributed by atoms with Crippen molar-refractivity contribution in [3.63, 3.8) is 0 Å². The van der Waals surface area contributed by atoms with Gasteiger partial charge in [0.1, 0.15) is 17.2 Å². The third kappa shape index (κ3) is 2.65. The lowest BCUT2D eigenvalue weighted by atomic mass is 9.92. The summed E-state index contributed by atoms with van der Waals surface area (Å²) >= 11 is 0. The van der Waals surface area contributed by atoms with E-state index >= 15 is 0 Å². The number of benzene rings is 2. The number of carbonyl (C=O) groups is 1. The van der Waals surface area contributed by atoms with Gasteiger partial charge in [-0.25, -0.2) is 0 Å². The number of ether oxygens (including phenoxy) is 3. The minimum absolute atomic E-state index is 0.335. The van der Waals surface area contributed by atoms with Crippen LogP contribution in [0.2, 0.25) is 0 Å². The summed E-state index contributed by atoms with van der Waals surface area (Å²) in [6.45, 7) is 1.39. The van der Waals surface area contributed by atoms with Gasteiger partial charge in [0.2, 0.25) is 0 Å². The molecule has 0 bridgehead atoms. The molecule has 1 unspecified atom stereocenters. The molecule has 4 rings (SSSR count). The zero-order valence-electron chi connectivity index (χ0n) is 13.0. The van der Waals surface area contributed by atoms with Crippen LogP contribution in [0, 0.1) is 0 Å². The molecule has 0 fully saturated rings. The first-order valence-electron chi connectivity index (χ1n) is 7.91. The van der Waals surface area contributed by atoms with E-state index in [4.69, 9.17) is 14.2 Å². The number of hydrogen-bond donors (Lipinski definition) is 0. The van der Waals surface area contributed by atoms with Crippen molar-refractivity contribution in [3.8, 4) is 17.2 Å². The Bertz CT molecular complexity index is 768. The van der Waals surface area contributed by atoms with Crippen molar-refractivity contribution in [3.05, 3.63) is 53.6 Å². The Morgan fingerprint density at radius 2 is 1.70 bits per heavy atom. The van der Waals surface area contributed by atoms with E-state index in [0.29, 0.717) is 5.75 Å². The maximum atomic E-state index is 11.1. The lowest BCUT2D eigenvalue weighted by Gasteiger charge is -2.41. The van der Waals surface area contributed by atoms with E-state index in [9.17, 15) is 4.79 Å². The predicted octanol–water partition coefficient (Wildman–Crippen LogP) is 3.66. The first-order valence-corrected chi connectivity index (χ1v) is 7.91. The summed E-state index contributed by atoms with van der Waals surface area (Å²) in [5.41, 5.74) is 2.34. The maximum Gasteiger partial charge on any atom is 0.308 e. The number of para-hydroxylation sites is 1. The Balaban J connectivity index is 1.62. The summed E-state index contributed by atoms with van der Waals surface area (Å²) in [7, 11) is 0. The molecule has 0 N–H and O–H groups in total. The fraction of sp³-hybridized carbons (Fsp3) is 0.316. The molecule has 2 aliphatic heterocycles. The molecule has 0 radical (unpaired) electrons. The van der Waals surface area contributed by atoms with Crippen molar-refractivity contribution in [1.29, 1.82) is 0 Å². The number of hydrogen-bond acceptors (Lipinski definition) is 4. The molecule has 0 saturated heterocycles. The van der Waals surface area contributed by atoms with Crippen LogP contribution in [0.5, 0.6) is 17.2 Å². The standard InChI is InChI=1S/C19H18O4/c1-13(20)21-16-7-6-15-9-11-19(23-18(15)12-16)10-8-14-4-2-3-5-17(14)22-19/h2-7,12H,8-11H2,1H3. The van der Waals surface area contributed by atoms with Crippen LogP contribution < -0.4 is 14.2 Å². The molecule has 0 saturated carbocycles. The molecule has 2 aliphatic rings. The molecule has 2 aromatic rings. The molecule has 0 aromatic heterocycles. The van der Waals surface area contributed by atoms with Crippen molar-refractivity contribution in [2.45, 2.75) is 38.4 Å². The fourth-order valence-corrected chi connectivity index (χ4v) is 3.28. The molecule has 4 nitrogen and oxygen atoms in total. The number of fused-ring (bicyclic) bond motifs is 2. The monoisotopic (exact) mass is 310 g/mol. The zero-order chi connectivity index (χ0) is 15.9. The first-order chi connectivity index (χ1) is 11.1. The molecular formula is C19H18O4. The van der Waals surface area contributed by atoms with Gasteiger partial charge in [-0.3, -0.25) is 4.79 Å². The Kier molecular flexibility index (Phi) is 3.26. The molecular weight excluding hydrogens is 292 g/mol. The number of esters is 1. The van der Waals surface area contributed by atoms with Crippen molar-refractivity contribution in [2.24, 2.45) is 0 Å². The van der Waals surface area contributed by atoms with Gasteiger partial charge in [0.15, 0.2) is 0 Å². The Labute approximate surface area is 135 Å². The normalized spacial score (nSPS) is 21.6. The first kappa shape index (κ1) is 14.1. The minimum Gasteiger partial charge on any atom is -0.452 e. The second-order valence-corrected chi connectivity index (χ2v) is 6.09. The minimum atomic E-state index is -0.615. The van der Waals surface area contributed by atoms with Crippen molar-refractivity contribution >= 4 is 5.97 Å². The summed E-state index contributed by atoms with van der Waals surface area (Å²) in [6, 6.07) is 13.6. The SMILES string of the molecule is CC(=O)Oc1ccc2c(c1)OC1(CCc3ccccc3O1)CC2. The van der Waals surface area contributed by atoms with Crippen LogP contribution in [-0.2, 0) is 17.6 Å². The fourth-order valence-electron chi connectivity index (χ4n) is 3.28. The van der Waals surface area contributed by atoms with Gasteiger partial charge in [0.05, 0.1) is 0 Å². The van der Waals surface area contributed by atoms with E-state index in [-0.39, 0.29) is 5.97 Å². The molecule has 2 aromatic carbocycles. The molecule has 118 valence electrons. The summed E-state index contributed by atoms with van der Waals surface area (Å²) < 4.78 is 17.6. The molecule has 1 spiro atoms. The highest BCUT2D eigenvalue weighted by Crippen LogP contribution is 2.42.